The summed E-state index contributed by atoms with van der Waals surface area (Å²) in [4.78, 5) is 25.4. The zero-order chi connectivity index (χ0) is 28.6. The molecule has 0 saturated heterocycles. The second kappa shape index (κ2) is 11.5. The largest absolute Gasteiger partial charge is 0.489 e. The van der Waals surface area contributed by atoms with E-state index in [1.807, 2.05) is 13.8 Å². The molecule has 0 spiro atoms. The second-order valence-corrected chi connectivity index (χ2v) is 10.9. The molecule has 0 saturated carbocycles. The van der Waals surface area contributed by atoms with Gasteiger partial charge in [-0.15, -0.1) is 0 Å². The summed E-state index contributed by atoms with van der Waals surface area (Å²) in [5.74, 6) is -0.127. The molecular weight excluding hydrogens is 579 g/mol. The third-order valence-corrected chi connectivity index (χ3v) is 7.45. The molecule has 1 aliphatic heterocycles. The van der Waals surface area contributed by atoms with Crippen LogP contribution < -0.4 is 19.5 Å². The fourth-order valence-electron chi connectivity index (χ4n) is 4.54. The zero-order valence-corrected chi connectivity index (χ0v) is 23.8. The van der Waals surface area contributed by atoms with Gasteiger partial charge in [0, 0.05) is 33.1 Å². The van der Waals surface area contributed by atoms with Crippen LogP contribution in [0.15, 0.2) is 54.6 Å². The topological polar surface area (TPSA) is 99.0 Å². The quantitative estimate of drug-likeness (QED) is 0.211. The van der Waals surface area contributed by atoms with Gasteiger partial charge in [0.1, 0.15) is 24.1 Å². The molecule has 1 aliphatic rings. The highest BCUT2D eigenvalue weighted by Gasteiger charge is 2.27. The van der Waals surface area contributed by atoms with E-state index in [4.69, 9.17) is 49.0 Å². The van der Waals surface area contributed by atoms with E-state index >= 15 is 0 Å². The predicted octanol–water partition coefficient (Wildman–Crippen LogP) is 7.13. The number of carbonyl (C=O) groups excluding carboxylic acids is 1. The third kappa shape index (κ3) is 5.66. The zero-order valence-electron chi connectivity index (χ0n) is 21.5. The predicted molar refractivity (Wildman–Crippen MR) is 154 cm³/mol. The lowest BCUT2D eigenvalue weighted by Gasteiger charge is -2.18. The van der Waals surface area contributed by atoms with Gasteiger partial charge in [-0.25, -0.2) is 4.79 Å². The Morgan fingerprint density at radius 2 is 1.70 bits per heavy atom. The lowest BCUT2D eigenvalue weighted by molar-refractivity contribution is -0.139. The average molecular weight is 604 g/mol. The molecule has 5 rings (SSSR count). The molecule has 4 aromatic rings. The van der Waals surface area contributed by atoms with E-state index in [0.717, 1.165) is 0 Å². The van der Waals surface area contributed by atoms with Crippen LogP contribution in [-0.4, -0.2) is 34.4 Å². The summed E-state index contributed by atoms with van der Waals surface area (Å²) in [7, 11) is 0. The minimum absolute atomic E-state index is 0.0561. The van der Waals surface area contributed by atoms with Gasteiger partial charge in [0.2, 0.25) is 6.79 Å². The molecule has 11 heteroatoms. The van der Waals surface area contributed by atoms with Gasteiger partial charge in [0.05, 0.1) is 16.2 Å². The van der Waals surface area contributed by atoms with E-state index in [2.05, 4.69) is 5.32 Å². The van der Waals surface area contributed by atoms with Gasteiger partial charge >= 0.3 is 5.97 Å². The number of ether oxygens (including phenoxy) is 3. The molecule has 3 aromatic carbocycles. The summed E-state index contributed by atoms with van der Waals surface area (Å²) >= 11 is 19.2. The first kappa shape index (κ1) is 28.0. The standard InChI is InChI=1S/C29H25Cl3N2O6/c1-15(2)8-22(29(36)37)33-28(35)25-10-16-9-17(38-13-18-19(30)4-3-5-20(18)31)6-7-23(16)34(25)24-12-27-26(11-21(24)32)39-14-40-27/h3-7,9-12,15,22H,8,13-14H2,1-2H3,(H,33,35)(H,36,37)/t22-/m0/s1. The number of carbonyl (C=O) groups is 2. The van der Waals surface area contributed by atoms with Gasteiger partial charge in [-0.2, -0.15) is 0 Å². The summed E-state index contributed by atoms with van der Waals surface area (Å²) < 4.78 is 18.6. The van der Waals surface area contributed by atoms with Crippen molar-refractivity contribution in [3.63, 3.8) is 0 Å². The van der Waals surface area contributed by atoms with E-state index in [0.29, 0.717) is 54.5 Å². The third-order valence-electron chi connectivity index (χ3n) is 6.44. The number of fused-ring (bicyclic) bond motifs is 2. The number of carboxylic acid groups (broad SMARTS) is 1. The van der Waals surface area contributed by atoms with Crippen LogP contribution in [0.1, 0.15) is 36.3 Å². The lowest BCUT2D eigenvalue weighted by Crippen LogP contribution is -2.42. The fraction of sp³-hybridized carbons (Fsp3) is 0.241. The van der Waals surface area contributed by atoms with Gasteiger partial charge in [-0.1, -0.05) is 54.7 Å². The van der Waals surface area contributed by atoms with Crippen LogP contribution in [0.3, 0.4) is 0 Å². The van der Waals surface area contributed by atoms with Gasteiger partial charge in [-0.3, -0.25) is 4.79 Å². The van der Waals surface area contributed by atoms with Crippen molar-refractivity contribution in [2.75, 3.05) is 6.79 Å². The molecule has 40 heavy (non-hydrogen) atoms. The van der Waals surface area contributed by atoms with Crippen LogP contribution in [0.25, 0.3) is 16.6 Å². The summed E-state index contributed by atoms with van der Waals surface area (Å²) in [5, 5.41) is 14.3. The van der Waals surface area contributed by atoms with Gasteiger partial charge in [0.25, 0.3) is 5.91 Å². The highest BCUT2D eigenvalue weighted by molar-refractivity contribution is 6.36. The van der Waals surface area contributed by atoms with Crippen LogP contribution >= 0.6 is 34.8 Å². The number of hydrogen-bond acceptors (Lipinski definition) is 5. The molecule has 0 radical (unpaired) electrons. The number of aromatic nitrogens is 1. The first-order valence-electron chi connectivity index (χ1n) is 12.5. The number of nitrogens with zero attached hydrogens (tertiary/aromatic N) is 1. The summed E-state index contributed by atoms with van der Waals surface area (Å²) in [6.45, 7) is 3.98. The number of halogens is 3. The van der Waals surface area contributed by atoms with Crippen molar-refractivity contribution in [3.05, 3.63) is 80.9 Å². The molecule has 0 aliphatic carbocycles. The van der Waals surface area contributed by atoms with Gasteiger partial charge < -0.3 is 29.2 Å². The molecule has 1 atom stereocenters. The lowest BCUT2D eigenvalue weighted by atomic mass is 10.0. The van der Waals surface area contributed by atoms with Crippen LogP contribution in [0, 0.1) is 5.92 Å². The molecule has 0 fully saturated rings. The molecule has 0 unspecified atom stereocenters. The Hall–Kier alpha value is -3.59. The van der Waals surface area contributed by atoms with Crippen molar-refractivity contribution >= 4 is 57.6 Å². The Labute approximate surface area is 245 Å². The van der Waals surface area contributed by atoms with E-state index < -0.39 is 17.9 Å². The maximum absolute atomic E-state index is 13.6. The monoisotopic (exact) mass is 602 g/mol. The number of aliphatic carboxylic acids is 1. The Morgan fingerprint density at radius 3 is 2.38 bits per heavy atom. The summed E-state index contributed by atoms with van der Waals surface area (Å²) in [6, 6.07) is 14.5. The molecule has 1 aromatic heterocycles. The SMILES string of the molecule is CC(C)C[C@H](NC(=O)c1cc2cc(OCc3c(Cl)cccc3Cl)ccc2n1-c1cc2c(cc1Cl)OCO2)C(=O)O. The molecule has 1 amide bonds. The smallest absolute Gasteiger partial charge is 0.326 e. The van der Waals surface area contributed by atoms with Crippen molar-refractivity contribution < 1.29 is 28.9 Å². The van der Waals surface area contributed by atoms with Gasteiger partial charge in [-0.05, 0) is 48.7 Å². The summed E-state index contributed by atoms with van der Waals surface area (Å²) in [6.07, 6.45) is 0.272. The highest BCUT2D eigenvalue weighted by Crippen LogP contribution is 2.40. The number of nitrogens with one attached hydrogen (secondary N) is 1. The van der Waals surface area contributed by atoms with Crippen LogP contribution in [0.4, 0.5) is 0 Å². The van der Waals surface area contributed by atoms with Crippen molar-refractivity contribution in [2.45, 2.75) is 32.9 Å². The minimum atomic E-state index is -1.11. The molecule has 0 bridgehead atoms. The maximum Gasteiger partial charge on any atom is 0.326 e. The molecule has 208 valence electrons. The van der Waals surface area contributed by atoms with Crippen LogP contribution in [-0.2, 0) is 11.4 Å². The molecule has 2 heterocycles. The first-order chi connectivity index (χ1) is 19.1. The van der Waals surface area contributed by atoms with Crippen LogP contribution in [0.2, 0.25) is 15.1 Å². The van der Waals surface area contributed by atoms with Crippen molar-refractivity contribution in [1.82, 2.24) is 9.88 Å². The Balaban J connectivity index is 1.56. The second-order valence-electron chi connectivity index (χ2n) is 9.73. The Kier molecular flexibility index (Phi) is 8.03. The number of benzene rings is 3. The van der Waals surface area contributed by atoms with E-state index in [1.165, 1.54) is 0 Å². The molecular formula is C29H25Cl3N2O6. The Bertz CT molecular complexity index is 1600. The highest BCUT2D eigenvalue weighted by atomic mass is 35.5. The van der Waals surface area contributed by atoms with Crippen molar-refractivity contribution in [2.24, 2.45) is 5.92 Å². The number of amides is 1. The summed E-state index contributed by atoms with van der Waals surface area (Å²) in [5.41, 5.74) is 1.96. The average Bonchev–Trinajstić information content (AvgIpc) is 3.50. The maximum atomic E-state index is 13.6. The van der Waals surface area contributed by atoms with E-state index in [1.54, 1.807) is 59.2 Å². The van der Waals surface area contributed by atoms with E-state index in [9.17, 15) is 14.7 Å². The van der Waals surface area contributed by atoms with Crippen molar-refractivity contribution in [1.29, 1.82) is 0 Å². The van der Waals surface area contributed by atoms with Gasteiger partial charge in [0.15, 0.2) is 11.5 Å². The fourth-order valence-corrected chi connectivity index (χ4v) is 5.28. The number of carboxylic acids is 1. The Morgan fingerprint density at radius 1 is 1.00 bits per heavy atom. The minimum Gasteiger partial charge on any atom is -0.489 e. The molecule has 2 N–H and O–H groups in total. The number of rotatable bonds is 9. The van der Waals surface area contributed by atoms with Crippen LogP contribution in [0.5, 0.6) is 17.2 Å². The molecule has 8 nitrogen and oxygen atoms in total. The van der Waals surface area contributed by atoms with Crippen molar-refractivity contribution in [3.8, 4) is 22.9 Å². The number of hydrogen-bond donors (Lipinski definition) is 2. The van der Waals surface area contributed by atoms with E-state index in [-0.39, 0.29) is 31.4 Å². The first-order valence-corrected chi connectivity index (χ1v) is 13.6. The normalized spacial score (nSPS) is 13.1.